The minimum atomic E-state index is -0.469. The van der Waals surface area contributed by atoms with Crippen molar-refractivity contribution in [1.82, 2.24) is 9.55 Å². The molecule has 1 N–H and O–H groups in total. The van der Waals surface area contributed by atoms with Crippen LogP contribution in [-0.2, 0) is 11.3 Å². The van der Waals surface area contributed by atoms with E-state index < -0.39 is 5.25 Å². The van der Waals surface area contributed by atoms with Crippen LogP contribution in [0.5, 0.6) is 0 Å². The van der Waals surface area contributed by atoms with Crippen molar-refractivity contribution in [3.63, 3.8) is 0 Å². The molecule has 1 atom stereocenters. The van der Waals surface area contributed by atoms with Crippen molar-refractivity contribution in [3.8, 4) is 0 Å². The lowest BCUT2D eigenvalue weighted by Crippen LogP contribution is -2.28. The summed E-state index contributed by atoms with van der Waals surface area (Å²) in [6, 6.07) is 14.0. The van der Waals surface area contributed by atoms with E-state index in [0.29, 0.717) is 33.9 Å². The standard InChI is InChI=1S/C23H25N3O3S/c1-14(2)13-26-22(29)19-7-5-6-8-20(19)25-23(26)30-16(4)21(28)24-18-11-9-17(10-12-18)15(3)27/h5-12,14,16H,13H2,1-4H3,(H,24,28)/t16-/m0/s1. The highest BCUT2D eigenvalue weighted by molar-refractivity contribution is 8.00. The van der Waals surface area contributed by atoms with Crippen LogP contribution < -0.4 is 10.9 Å². The predicted octanol–water partition coefficient (Wildman–Crippen LogP) is 4.37. The van der Waals surface area contributed by atoms with Crippen LogP contribution in [0.15, 0.2) is 58.5 Å². The van der Waals surface area contributed by atoms with Crippen molar-refractivity contribution in [3.05, 3.63) is 64.4 Å². The van der Waals surface area contributed by atoms with Crippen LogP contribution in [0.2, 0.25) is 0 Å². The minimum Gasteiger partial charge on any atom is -0.325 e. The molecule has 156 valence electrons. The molecule has 0 spiro atoms. The number of hydrogen-bond donors (Lipinski definition) is 1. The fraction of sp³-hybridized carbons (Fsp3) is 0.304. The molecule has 0 aliphatic heterocycles. The second kappa shape index (κ2) is 9.26. The summed E-state index contributed by atoms with van der Waals surface area (Å²) in [6.45, 7) is 7.89. The number of carbonyl (C=O) groups is 2. The van der Waals surface area contributed by atoms with Crippen molar-refractivity contribution in [2.45, 2.75) is 44.6 Å². The summed E-state index contributed by atoms with van der Waals surface area (Å²) in [6.07, 6.45) is 0. The average molecular weight is 424 g/mol. The highest BCUT2D eigenvalue weighted by Crippen LogP contribution is 2.24. The average Bonchev–Trinajstić information content (AvgIpc) is 2.71. The molecule has 0 saturated carbocycles. The SMILES string of the molecule is CC(=O)c1ccc(NC(=O)[C@H](C)Sc2nc3ccccc3c(=O)n2CC(C)C)cc1. The van der Waals surface area contributed by atoms with Crippen molar-refractivity contribution >= 4 is 40.0 Å². The van der Waals surface area contributed by atoms with Crippen LogP contribution in [0.3, 0.4) is 0 Å². The van der Waals surface area contributed by atoms with Gasteiger partial charge in [0.1, 0.15) is 0 Å². The first-order valence-corrected chi connectivity index (χ1v) is 10.7. The Bertz CT molecular complexity index is 1140. The molecule has 0 radical (unpaired) electrons. The van der Waals surface area contributed by atoms with Crippen LogP contribution in [0.25, 0.3) is 10.9 Å². The number of ketones is 1. The van der Waals surface area contributed by atoms with Gasteiger partial charge in [-0.25, -0.2) is 4.98 Å². The second-order valence-corrected chi connectivity index (χ2v) is 8.91. The molecule has 7 heteroatoms. The maximum atomic E-state index is 13.0. The fourth-order valence-corrected chi connectivity index (χ4v) is 3.93. The normalized spacial score (nSPS) is 12.2. The van der Waals surface area contributed by atoms with E-state index in [2.05, 4.69) is 10.3 Å². The number of hydrogen-bond acceptors (Lipinski definition) is 5. The summed E-state index contributed by atoms with van der Waals surface area (Å²) in [7, 11) is 0. The number of amides is 1. The van der Waals surface area contributed by atoms with E-state index in [-0.39, 0.29) is 23.2 Å². The predicted molar refractivity (Wildman–Crippen MR) is 121 cm³/mol. The van der Waals surface area contributed by atoms with Crippen LogP contribution in [0.1, 0.15) is 38.1 Å². The van der Waals surface area contributed by atoms with E-state index >= 15 is 0 Å². The number of nitrogens with zero attached hydrogens (tertiary/aromatic N) is 2. The molecule has 0 fully saturated rings. The van der Waals surface area contributed by atoms with E-state index in [1.165, 1.54) is 18.7 Å². The summed E-state index contributed by atoms with van der Waals surface area (Å²) < 4.78 is 1.66. The summed E-state index contributed by atoms with van der Waals surface area (Å²) in [5.74, 6) is 0.0327. The largest absolute Gasteiger partial charge is 0.325 e. The number of carbonyl (C=O) groups excluding carboxylic acids is 2. The molecule has 2 aromatic carbocycles. The van der Waals surface area contributed by atoms with E-state index in [0.717, 1.165) is 0 Å². The van der Waals surface area contributed by atoms with Crippen LogP contribution in [0.4, 0.5) is 5.69 Å². The van der Waals surface area contributed by atoms with Gasteiger partial charge in [-0.1, -0.05) is 37.7 Å². The van der Waals surface area contributed by atoms with Crippen LogP contribution >= 0.6 is 11.8 Å². The molecule has 0 bridgehead atoms. The number of nitrogens with one attached hydrogen (secondary N) is 1. The third kappa shape index (κ3) is 4.97. The van der Waals surface area contributed by atoms with E-state index in [1.807, 2.05) is 32.0 Å². The molecule has 0 aliphatic carbocycles. The lowest BCUT2D eigenvalue weighted by molar-refractivity contribution is -0.115. The Balaban J connectivity index is 1.84. The molecule has 0 saturated heterocycles. The summed E-state index contributed by atoms with van der Waals surface area (Å²) in [4.78, 5) is 41.8. The number of fused-ring (bicyclic) bond motifs is 1. The van der Waals surface area contributed by atoms with Crippen LogP contribution in [0, 0.1) is 5.92 Å². The number of thioether (sulfide) groups is 1. The Hall–Kier alpha value is -2.93. The number of anilines is 1. The number of rotatable bonds is 7. The maximum Gasteiger partial charge on any atom is 0.262 e. The van der Waals surface area contributed by atoms with Crippen LogP contribution in [-0.4, -0.2) is 26.5 Å². The number of benzene rings is 2. The van der Waals surface area contributed by atoms with Crippen molar-refractivity contribution in [2.24, 2.45) is 5.92 Å². The molecular formula is C23H25N3O3S. The van der Waals surface area contributed by atoms with Gasteiger partial charge in [0.15, 0.2) is 10.9 Å². The first-order chi connectivity index (χ1) is 14.3. The zero-order valence-corrected chi connectivity index (χ0v) is 18.3. The van der Waals surface area contributed by atoms with Crippen molar-refractivity contribution < 1.29 is 9.59 Å². The van der Waals surface area contributed by atoms with Gasteiger partial charge in [0.2, 0.25) is 5.91 Å². The number of Topliss-reactive ketones (excluding diaryl/α,β-unsaturated/α-hetero) is 1. The number of aromatic nitrogens is 2. The lowest BCUT2D eigenvalue weighted by Gasteiger charge is -2.17. The smallest absolute Gasteiger partial charge is 0.262 e. The zero-order chi connectivity index (χ0) is 21.8. The molecule has 30 heavy (non-hydrogen) atoms. The second-order valence-electron chi connectivity index (χ2n) is 7.60. The Morgan fingerprint density at radius 1 is 1.07 bits per heavy atom. The fourth-order valence-electron chi connectivity index (χ4n) is 3.01. The maximum absolute atomic E-state index is 13.0. The van der Waals surface area contributed by atoms with Gasteiger partial charge in [-0.2, -0.15) is 0 Å². The molecule has 0 aliphatic rings. The topological polar surface area (TPSA) is 81.1 Å². The van der Waals surface area contributed by atoms with Crippen molar-refractivity contribution in [1.29, 1.82) is 0 Å². The molecule has 1 heterocycles. The highest BCUT2D eigenvalue weighted by atomic mass is 32.2. The minimum absolute atomic E-state index is 0.0256. The Kier molecular flexibility index (Phi) is 6.72. The van der Waals surface area contributed by atoms with Gasteiger partial charge in [-0.15, -0.1) is 0 Å². The highest BCUT2D eigenvalue weighted by Gasteiger charge is 2.20. The van der Waals surface area contributed by atoms with Crippen molar-refractivity contribution in [2.75, 3.05) is 5.32 Å². The van der Waals surface area contributed by atoms with E-state index in [9.17, 15) is 14.4 Å². The summed E-state index contributed by atoms with van der Waals surface area (Å²) >= 11 is 1.26. The molecule has 1 amide bonds. The first kappa shape index (κ1) is 21.8. The van der Waals surface area contributed by atoms with E-state index in [1.54, 1.807) is 41.8 Å². The van der Waals surface area contributed by atoms with Gasteiger partial charge in [-0.05, 0) is 56.2 Å². The van der Waals surface area contributed by atoms with E-state index in [4.69, 9.17) is 0 Å². The third-order valence-electron chi connectivity index (χ3n) is 4.58. The van der Waals surface area contributed by atoms with Gasteiger partial charge < -0.3 is 5.32 Å². The quantitative estimate of drug-likeness (QED) is 0.347. The molecule has 0 unspecified atom stereocenters. The molecule has 3 rings (SSSR count). The molecular weight excluding hydrogens is 398 g/mol. The molecule has 6 nitrogen and oxygen atoms in total. The number of para-hydroxylation sites is 1. The molecule has 1 aromatic heterocycles. The third-order valence-corrected chi connectivity index (χ3v) is 5.67. The zero-order valence-electron chi connectivity index (χ0n) is 17.5. The van der Waals surface area contributed by atoms with Gasteiger partial charge in [0, 0.05) is 17.8 Å². The Labute approximate surface area is 179 Å². The Morgan fingerprint density at radius 2 is 1.73 bits per heavy atom. The Morgan fingerprint density at radius 3 is 2.37 bits per heavy atom. The monoisotopic (exact) mass is 423 g/mol. The first-order valence-electron chi connectivity index (χ1n) is 9.84. The lowest BCUT2D eigenvalue weighted by atomic mass is 10.1. The van der Waals surface area contributed by atoms with Gasteiger partial charge in [-0.3, -0.25) is 19.0 Å². The van der Waals surface area contributed by atoms with Gasteiger partial charge in [0.25, 0.3) is 5.56 Å². The van der Waals surface area contributed by atoms with Gasteiger partial charge in [0.05, 0.1) is 16.2 Å². The molecule has 3 aromatic rings. The van der Waals surface area contributed by atoms with Gasteiger partial charge >= 0.3 is 0 Å². The summed E-state index contributed by atoms with van der Waals surface area (Å²) in [5.41, 5.74) is 1.73. The summed E-state index contributed by atoms with van der Waals surface area (Å²) in [5, 5.41) is 3.49.